The lowest BCUT2D eigenvalue weighted by Crippen LogP contribution is -2.55. The minimum absolute atomic E-state index is 0.147. The van der Waals surface area contributed by atoms with E-state index in [-0.39, 0.29) is 31.2 Å². The van der Waals surface area contributed by atoms with E-state index in [0.717, 1.165) is 5.56 Å². The van der Waals surface area contributed by atoms with Crippen molar-refractivity contribution in [1.29, 1.82) is 0 Å². The van der Waals surface area contributed by atoms with Crippen LogP contribution in [0, 0.1) is 17.6 Å². The van der Waals surface area contributed by atoms with Crippen LogP contribution >= 0.6 is 0 Å². The number of β-lactam (4-membered cyclic amide) rings is 1. The molecule has 3 unspecified atom stereocenters. The van der Waals surface area contributed by atoms with Crippen molar-refractivity contribution in [3.05, 3.63) is 90.0 Å². The van der Waals surface area contributed by atoms with Crippen LogP contribution in [0.1, 0.15) is 30.9 Å². The average molecular weight is 582 g/mol. The molecule has 0 saturated carbocycles. The lowest BCUT2D eigenvalue weighted by molar-refractivity contribution is -0.142. The molecule has 10 nitrogen and oxygen atoms in total. The summed E-state index contributed by atoms with van der Waals surface area (Å²) in [6.45, 7) is -0.254. The number of ether oxygens (including phenoxy) is 2. The van der Waals surface area contributed by atoms with Crippen molar-refractivity contribution < 1.29 is 42.5 Å². The van der Waals surface area contributed by atoms with Crippen LogP contribution in [0.2, 0.25) is 0 Å². The van der Waals surface area contributed by atoms with Gasteiger partial charge in [0.15, 0.2) is 6.61 Å². The van der Waals surface area contributed by atoms with Gasteiger partial charge in [0.2, 0.25) is 11.8 Å². The van der Waals surface area contributed by atoms with Gasteiger partial charge in [-0.05, 0) is 79.1 Å². The summed E-state index contributed by atoms with van der Waals surface area (Å²) < 4.78 is 37.9. The van der Waals surface area contributed by atoms with Gasteiger partial charge in [-0.1, -0.05) is 12.1 Å². The summed E-state index contributed by atoms with van der Waals surface area (Å²) >= 11 is 0. The predicted octanol–water partition coefficient (Wildman–Crippen LogP) is 3.35. The van der Waals surface area contributed by atoms with Crippen LogP contribution in [0.4, 0.5) is 14.5 Å². The van der Waals surface area contributed by atoms with E-state index in [1.807, 2.05) is 0 Å². The number of carbonyl (C=O) groups is 4. The monoisotopic (exact) mass is 581 g/mol. The molecule has 220 valence electrons. The summed E-state index contributed by atoms with van der Waals surface area (Å²) in [6.07, 6.45) is 0.0287. The number of nitrogens with zero attached hydrogens (tertiary/aromatic N) is 1. The lowest BCUT2D eigenvalue weighted by Gasteiger charge is -2.47. The summed E-state index contributed by atoms with van der Waals surface area (Å²) in [5.74, 6) is -3.28. The number of hydrogen-bond acceptors (Lipinski definition) is 6. The maximum absolute atomic E-state index is 13.5. The van der Waals surface area contributed by atoms with Gasteiger partial charge in [0.1, 0.15) is 29.2 Å². The van der Waals surface area contributed by atoms with Crippen molar-refractivity contribution in [2.45, 2.75) is 31.3 Å². The number of anilines is 1. The van der Waals surface area contributed by atoms with E-state index in [1.54, 1.807) is 29.2 Å². The largest absolute Gasteiger partial charge is 0.494 e. The first-order valence-electron chi connectivity index (χ1n) is 13.1. The molecule has 1 fully saturated rings. The molecule has 0 aliphatic carbocycles. The molecule has 1 heterocycles. The first kappa shape index (κ1) is 30.0. The zero-order valence-corrected chi connectivity index (χ0v) is 22.4. The molecule has 1 saturated heterocycles. The molecule has 3 aromatic rings. The fraction of sp³-hybridized carbons (Fsp3) is 0.267. The average Bonchev–Trinajstić information content (AvgIpc) is 2.97. The molecule has 42 heavy (non-hydrogen) atoms. The summed E-state index contributed by atoms with van der Waals surface area (Å²) in [4.78, 5) is 49.2. The third-order valence-corrected chi connectivity index (χ3v) is 6.73. The summed E-state index contributed by atoms with van der Waals surface area (Å²) in [6, 6.07) is 16.2. The highest BCUT2D eigenvalue weighted by Crippen LogP contribution is 2.45. The summed E-state index contributed by atoms with van der Waals surface area (Å²) in [7, 11) is 0. The third-order valence-electron chi connectivity index (χ3n) is 6.73. The Kier molecular flexibility index (Phi) is 9.69. The molecule has 1 aliphatic rings. The van der Waals surface area contributed by atoms with E-state index in [1.165, 1.54) is 48.5 Å². The molecule has 0 radical (unpaired) electrons. The molecule has 4 rings (SSSR count). The number of nitrogens with one attached hydrogen (secondary N) is 1. The molecule has 0 aromatic heterocycles. The van der Waals surface area contributed by atoms with Gasteiger partial charge in [0.05, 0.1) is 18.6 Å². The van der Waals surface area contributed by atoms with Crippen LogP contribution in [0.15, 0.2) is 72.8 Å². The SMILES string of the molecule is NC(=O)CCC(NC(=O)COc1ccc(C2C(CCOc3ccc(F)cc3)C(=O)N2c2ccc(F)cc2)cc1)C(=O)O. The molecule has 12 heteroatoms. The number of aliphatic carboxylic acids is 1. The number of carboxylic acids is 1. The van der Waals surface area contributed by atoms with Crippen LogP contribution in [-0.2, 0) is 19.2 Å². The molecule has 4 N–H and O–H groups in total. The second-order valence-electron chi connectivity index (χ2n) is 9.65. The molecular formula is C30H29F2N3O7. The summed E-state index contributed by atoms with van der Waals surface area (Å²) in [5, 5.41) is 11.5. The molecule has 1 aliphatic heterocycles. The van der Waals surface area contributed by atoms with Crippen molar-refractivity contribution in [2.75, 3.05) is 18.1 Å². The molecular weight excluding hydrogens is 552 g/mol. The number of rotatable bonds is 14. The first-order valence-corrected chi connectivity index (χ1v) is 13.1. The number of amides is 3. The Bertz CT molecular complexity index is 1420. The van der Waals surface area contributed by atoms with Gasteiger partial charge in [-0.2, -0.15) is 0 Å². The smallest absolute Gasteiger partial charge is 0.326 e. The minimum atomic E-state index is -1.30. The number of nitrogens with two attached hydrogens (primary N) is 1. The van der Waals surface area contributed by atoms with Crippen LogP contribution in [0.25, 0.3) is 0 Å². The number of primary amides is 1. The maximum Gasteiger partial charge on any atom is 0.326 e. The third kappa shape index (κ3) is 7.59. The van der Waals surface area contributed by atoms with E-state index in [4.69, 9.17) is 15.2 Å². The van der Waals surface area contributed by atoms with Crippen molar-refractivity contribution in [2.24, 2.45) is 11.7 Å². The molecule has 3 amide bonds. The van der Waals surface area contributed by atoms with Gasteiger partial charge >= 0.3 is 5.97 Å². The van der Waals surface area contributed by atoms with E-state index in [0.29, 0.717) is 23.6 Å². The fourth-order valence-electron chi connectivity index (χ4n) is 4.63. The van der Waals surface area contributed by atoms with Gasteiger partial charge in [-0.3, -0.25) is 14.4 Å². The van der Waals surface area contributed by atoms with Gasteiger partial charge < -0.3 is 30.5 Å². The molecule has 0 spiro atoms. The fourth-order valence-corrected chi connectivity index (χ4v) is 4.63. The van der Waals surface area contributed by atoms with Crippen molar-refractivity contribution in [1.82, 2.24) is 5.32 Å². The minimum Gasteiger partial charge on any atom is -0.494 e. The van der Waals surface area contributed by atoms with E-state index < -0.39 is 48.2 Å². The highest BCUT2D eigenvalue weighted by molar-refractivity contribution is 6.03. The van der Waals surface area contributed by atoms with Crippen LogP contribution < -0.4 is 25.4 Å². The second-order valence-corrected chi connectivity index (χ2v) is 9.65. The molecule has 3 aromatic carbocycles. The van der Waals surface area contributed by atoms with E-state index >= 15 is 0 Å². The zero-order chi connectivity index (χ0) is 30.2. The Morgan fingerprint density at radius 3 is 2.07 bits per heavy atom. The lowest BCUT2D eigenvalue weighted by atomic mass is 9.80. The number of hydrogen-bond donors (Lipinski definition) is 3. The van der Waals surface area contributed by atoms with Crippen molar-refractivity contribution >= 4 is 29.4 Å². The quantitative estimate of drug-likeness (QED) is 0.247. The van der Waals surface area contributed by atoms with Crippen LogP contribution in [0.5, 0.6) is 11.5 Å². The van der Waals surface area contributed by atoms with E-state index in [2.05, 4.69) is 5.32 Å². The second kappa shape index (κ2) is 13.6. The zero-order valence-electron chi connectivity index (χ0n) is 22.4. The number of benzene rings is 3. The maximum atomic E-state index is 13.5. The van der Waals surface area contributed by atoms with Gasteiger partial charge in [-0.15, -0.1) is 0 Å². The van der Waals surface area contributed by atoms with E-state index in [9.17, 15) is 33.1 Å². The Hall–Kier alpha value is -5.00. The Morgan fingerprint density at radius 1 is 0.905 bits per heavy atom. The summed E-state index contributed by atoms with van der Waals surface area (Å²) in [5.41, 5.74) is 6.34. The number of halogens is 2. The highest BCUT2D eigenvalue weighted by atomic mass is 19.1. The van der Waals surface area contributed by atoms with Gasteiger partial charge in [-0.25, -0.2) is 13.6 Å². The Labute approximate surface area is 240 Å². The topological polar surface area (TPSA) is 148 Å². The molecule has 0 bridgehead atoms. The predicted molar refractivity (Wildman–Crippen MR) is 147 cm³/mol. The number of carboxylic acid groups (broad SMARTS) is 1. The standard InChI is InChI=1S/C30H29F2N3O7/c31-19-3-7-21(8-4-19)35-28(24(29(35)38)15-16-41-22-11-5-20(32)6-12-22)18-1-9-23(10-2-18)42-17-27(37)34-25(30(39)40)13-14-26(33)36/h1-12,24-25,28H,13-17H2,(H2,33,36)(H,34,37)(H,39,40). The normalized spacial score (nSPS) is 16.7. The van der Waals surface area contributed by atoms with Gasteiger partial charge in [0, 0.05) is 12.1 Å². The van der Waals surface area contributed by atoms with Crippen LogP contribution in [-0.4, -0.2) is 48.1 Å². The highest BCUT2D eigenvalue weighted by Gasteiger charge is 2.48. The number of carbonyl (C=O) groups excluding carboxylic acids is 3. The molecule has 3 atom stereocenters. The Balaban J connectivity index is 1.41. The first-order chi connectivity index (χ1) is 20.1. The van der Waals surface area contributed by atoms with Crippen molar-refractivity contribution in [3.8, 4) is 11.5 Å². The van der Waals surface area contributed by atoms with Crippen LogP contribution in [0.3, 0.4) is 0 Å². The Morgan fingerprint density at radius 2 is 1.48 bits per heavy atom. The van der Waals surface area contributed by atoms with Gasteiger partial charge in [0.25, 0.3) is 5.91 Å². The van der Waals surface area contributed by atoms with Crippen molar-refractivity contribution in [3.63, 3.8) is 0 Å².